The summed E-state index contributed by atoms with van der Waals surface area (Å²) in [5.41, 5.74) is 0.265. The van der Waals surface area contributed by atoms with Crippen LogP contribution in [0, 0.1) is 0 Å². The number of hydrogen-bond acceptors (Lipinski definition) is 5. The number of anilines is 1. The van der Waals surface area contributed by atoms with E-state index < -0.39 is 0 Å². The van der Waals surface area contributed by atoms with Crippen molar-refractivity contribution >= 4 is 11.6 Å². The van der Waals surface area contributed by atoms with E-state index in [0.717, 1.165) is 0 Å². The molecule has 1 amide bonds. The molecule has 6 nitrogen and oxygen atoms in total. The molecule has 112 valence electrons. The van der Waals surface area contributed by atoms with Gasteiger partial charge in [-0.15, -0.1) is 0 Å². The summed E-state index contributed by atoms with van der Waals surface area (Å²) in [6.45, 7) is 6.64. The van der Waals surface area contributed by atoms with Crippen LogP contribution in [0.2, 0.25) is 0 Å². The van der Waals surface area contributed by atoms with Gasteiger partial charge in [0, 0.05) is 13.2 Å². The summed E-state index contributed by atoms with van der Waals surface area (Å²) in [7, 11) is 1.61. The molecule has 1 aromatic heterocycles. The van der Waals surface area contributed by atoms with Crippen molar-refractivity contribution < 1.29 is 19.0 Å². The van der Waals surface area contributed by atoms with Gasteiger partial charge in [0.15, 0.2) is 0 Å². The Hall–Kier alpha value is -1.66. The molecule has 6 heteroatoms. The Bertz CT molecular complexity index is 412. The molecule has 0 bridgehead atoms. The molecule has 0 aliphatic heterocycles. The minimum absolute atomic E-state index is 0.00951. The number of nitrogens with one attached hydrogen (secondary N) is 1. The zero-order valence-electron chi connectivity index (χ0n) is 12.4. The van der Waals surface area contributed by atoms with Gasteiger partial charge in [-0.25, -0.2) is 4.98 Å². The van der Waals surface area contributed by atoms with Gasteiger partial charge in [0.25, 0.3) is 0 Å². The lowest BCUT2D eigenvalue weighted by Crippen LogP contribution is -2.27. The highest BCUT2D eigenvalue weighted by Gasteiger charge is 2.13. The smallest absolute Gasteiger partial charge is 0.250 e. The van der Waals surface area contributed by atoms with Gasteiger partial charge in [-0.3, -0.25) is 4.79 Å². The van der Waals surface area contributed by atoms with Crippen LogP contribution in [0.4, 0.5) is 5.69 Å². The third-order valence-electron chi connectivity index (χ3n) is 2.19. The quantitative estimate of drug-likeness (QED) is 0.773. The van der Waals surface area contributed by atoms with Crippen molar-refractivity contribution in [2.75, 3.05) is 32.2 Å². The van der Waals surface area contributed by atoms with Crippen molar-refractivity contribution in [2.45, 2.75) is 26.4 Å². The van der Waals surface area contributed by atoms with E-state index in [0.29, 0.717) is 24.8 Å². The first-order valence-corrected chi connectivity index (χ1v) is 6.42. The van der Waals surface area contributed by atoms with E-state index in [9.17, 15) is 4.79 Å². The van der Waals surface area contributed by atoms with E-state index in [2.05, 4.69) is 10.3 Å². The fourth-order valence-corrected chi connectivity index (χ4v) is 1.25. The molecule has 0 aromatic carbocycles. The predicted octanol–water partition coefficient (Wildman–Crippen LogP) is 1.86. The largest absolute Gasteiger partial charge is 0.475 e. The van der Waals surface area contributed by atoms with Gasteiger partial charge >= 0.3 is 0 Å². The molecule has 0 aliphatic rings. The summed E-state index contributed by atoms with van der Waals surface area (Å²) in [6, 6.07) is 3.42. The first-order valence-electron chi connectivity index (χ1n) is 6.42. The topological polar surface area (TPSA) is 69.7 Å². The number of aromatic nitrogens is 1. The number of hydrogen-bond donors (Lipinski definition) is 1. The van der Waals surface area contributed by atoms with E-state index in [-0.39, 0.29) is 18.1 Å². The van der Waals surface area contributed by atoms with Crippen molar-refractivity contribution in [3.8, 4) is 5.88 Å². The molecule has 0 saturated carbocycles. The second-order valence-corrected chi connectivity index (χ2v) is 5.18. The lowest BCUT2D eigenvalue weighted by molar-refractivity contribution is -0.125. The SMILES string of the molecule is COCCOc1ccc(NC(=O)COC(C)(C)C)cn1. The Labute approximate surface area is 119 Å². The molecule has 0 atom stereocenters. The maximum Gasteiger partial charge on any atom is 0.250 e. The molecular weight excluding hydrogens is 260 g/mol. The van der Waals surface area contributed by atoms with E-state index in [1.165, 1.54) is 6.20 Å². The molecule has 1 heterocycles. The summed E-state index contributed by atoms with van der Waals surface area (Å²) in [4.78, 5) is 15.7. The zero-order chi connectivity index (χ0) is 15.0. The van der Waals surface area contributed by atoms with E-state index >= 15 is 0 Å². The van der Waals surface area contributed by atoms with Crippen LogP contribution >= 0.6 is 0 Å². The fraction of sp³-hybridized carbons (Fsp3) is 0.571. The van der Waals surface area contributed by atoms with Crippen LogP contribution in [0.5, 0.6) is 5.88 Å². The predicted molar refractivity (Wildman–Crippen MR) is 75.9 cm³/mol. The van der Waals surface area contributed by atoms with E-state index in [1.54, 1.807) is 19.2 Å². The van der Waals surface area contributed by atoms with Crippen LogP contribution in [0.15, 0.2) is 18.3 Å². The standard InChI is InChI=1S/C14H22N2O4/c1-14(2,3)20-10-12(17)16-11-5-6-13(15-9-11)19-8-7-18-4/h5-6,9H,7-8,10H2,1-4H3,(H,16,17). The number of amides is 1. The number of carbonyl (C=O) groups excluding carboxylic acids is 1. The van der Waals surface area contributed by atoms with Crippen molar-refractivity contribution in [1.82, 2.24) is 4.98 Å². The Morgan fingerprint density at radius 1 is 1.30 bits per heavy atom. The molecule has 0 unspecified atom stereocenters. The van der Waals surface area contributed by atoms with Crippen LogP contribution in [0.1, 0.15) is 20.8 Å². The summed E-state index contributed by atoms with van der Waals surface area (Å²) in [5, 5.41) is 2.70. The Kier molecular flexibility index (Phi) is 6.41. The minimum Gasteiger partial charge on any atom is -0.475 e. The first-order chi connectivity index (χ1) is 9.40. The molecule has 20 heavy (non-hydrogen) atoms. The highest BCUT2D eigenvalue weighted by Crippen LogP contribution is 2.12. The second-order valence-electron chi connectivity index (χ2n) is 5.18. The van der Waals surface area contributed by atoms with Gasteiger partial charge in [-0.2, -0.15) is 0 Å². The maximum atomic E-state index is 11.6. The Morgan fingerprint density at radius 3 is 2.60 bits per heavy atom. The highest BCUT2D eigenvalue weighted by molar-refractivity contribution is 5.91. The molecule has 0 radical (unpaired) electrons. The zero-order valence-corrected chi connectivity index (χ0v) is 12.4. The third kappa shape index (κ3) is 7.06. The number of pyridine rings is 1. The lowest BCUT2D eigenvalue weighted by Gasteiger charge is -2.18. The monoisotopic (exact) mass is 282 g/mol. The van der Waals surface area contributed by atoms with Crippen LogP contribution in [0.3, 0.4) is 0 Å². The number of carbonyl (C=O) groups is 1. The molecule has 0 fully saturated rings. The average Bonchev–Trinajstić information content (AvgIpc) is 2.38. The molecule has 0 aliphatic carbocycles. The molecule has 0 spiro atoms. The average molecular weight is 282 g/mol. The van der Waals surface area contributed by atoms with Gasteiger partial charge in [-0.05, 0) is 26.8 Å². The summed E-state index contributed by atoms with van der Waals surface area (Å²) >= 11 is 0. The number of methoxy groups -OCH3 is 1. The van der Waals surface area contributed by atoms with Crippen molar-refractivity contribution in [2.24, 2.45) is 0 Å². The van der Waals surface area contributed by atoms with Crippen LogP contribution in [-0.2, 0) is 14.3 Å². The fourth-order valence-electron chi connectivity index (χ4n) is 1.25. The Balaban J connectivity index is 2.39. The molecular formula is C14H22N2O4. The van der Waals surface area contributed by atoms with Crippen LogP contribution < -0.4 is 10.1 Å². The third-order valence-corrected chi connectivity index (χ3v) is 2.19. The summed E-state index contributed by atoms with van der Waals surface area (Å²) < 4.78 is 15.6. The number of nitrogens with zero attached hydrogens (tertiary/aromatic N) is 1. The Morgan fingerprint density at radius 2 is 2.05 bits per heavy atom. The van der Waals surface area contributed by atoms with Crippen molar-refractivity contribution in [3.05, 3.63) is 18.3 Å². The molecule has 0 saturated heterocycles. The maximum absolute atomic E-state index is 11.6. The van der Waals surface area contributed by atoms with Crippen LogP contribution in [0.25, 0.3) is 0 Å². The van der Waals surface area contributed by atoms with Gasteiger partial charge in [0.2, 0.25) is 11.8 Å². The van der Waals surface area contributed by atoms with E-state index in [4.69, 9.17) is 14.2 Å². The lowest BCUT2D eigenvalue weighted by atomic mass is 10.2. The number of ether oxygens (including phenoxy) is 3. The summed E-state index contributed by atoms with van der Waals surface area (Å²) in [6.07, 6.45) is 1.54. The number of rotatable bonds is 7. The first kappa shape index (κ1) is 16.4. The molecule has 1 N–H and O–H groups in total. The van der Waals surface area contributed by atoms with E-state index in [1.807, 2.05) is 20.8 Å². The second kappa shape index (κ2) is 7.81. The van der Waals surface area contributed by atoms with Crippen molar-refractivity contribution in [1.29, 1.82) is 0 Å². The summed E-state index contributed by atoms with van der Waals surface area (Å²) in [5.74, 6) is 0.278. The van der Waals surface area contributed by atoms with Gasteiger partial charge in [0.1, 0.15) is 13.2 Å². The van der Waals surface area contributed by atoms with Crippen LogP contribution in [-0.4, -0.2) is 43.4 Å². The van der Waals surface area contributed by atoms with Gasteiger partial charge in [0.05, 0.1) is 24.1 Å². The highest BCUT2D eigenvalue weighted by atomic mass is 16.5. The van der Waals surface area contributed by atoms with Gasteiger partial charge < -0.3 is 19.5 Å². The molecule has 1 rings (SSSR count). The van der Waals surface area contributed by atoms with Gasteiger partial charge in [-0.1, -0.05) is 0 Å². The normalized spacial score (nSPS) is 11.2. The molecule has 1 aromatic rings. The minimum atomic E-state index is -0.339. The van der Waals surface area contributed by atoms with Crippen molar-refractivity contribution in [3.63, 3.8) is 0 Å².